The molecule has 2 aromatic carbocycles. The molecule has 1 aromatic heterocycles. The standard InChI is InChI=1S/C15H13ClN6O.ClH/c16-12-4-2-1-3-11(12)8-23-14-6-5-10(15(17)18)7-13(14)22-9-19-20-21-22;/h1-7,9H,8H2,(H3,17,18);1H. The SMILES string of the molecule is Cl.N=C(N)c1ccc(OCc2ccccc2Cl)c(-n2cnnn2)c1. The van der Waals surface area contributed by atoms with Gasteiger partial charge in [0.15, 0.2) is 0 Å². The third kappa shape index (κ3) is 3.81. The summed E-state index contributed by atoms with van der Waals surface area (Å²) in [5, 5.41) is 19.3. The second-order valence-electron chi connectivity index (χ2n) is 4.73. The van der Waals surface area contributed by atoms with Crippen molar-refractivity contribution in [3.05, 3.63) is 64.9 Å². The van der Waals surface area contributed by atoms with Crippen LogP contribution in [0.4, 0.5) is 0 Å². The Hall–Kier alpha value is -2.64. The highest BCUT2D eigenvalue weighted by molar-refractivity contribution is 6.31. The van der Waals surface area contributed by atoms with E-state index in [1.54, 1.807) is 24.3 Å². The maximum atomic E-state index is 7.55. The molecule has 0 aliphatic carbocycles. The minimum Gasteiger partial charge on any atom is -0.487 e. The van der Waals surface area contributed by atoms with Crippen LogP contribution in [0.3, 0.4) is 0 Å². The Morgan fingerprint density at radius 2 is 2.04 bits per heavy atom. The van der Waals surface area contributed by atoms with Gasteiger partial charge < -0.3 is 10.5 Å². The molecule has 1 heterocycles. The molecule has 9 heteroatoms. The molecule has 0 fully saturated rings. The maximum Gasteiger partial charge on any atom is 0.145 e. The zero-order valence-electron chi connectivity index (χ0n) is 12.4. The van der Waals surface area contributed by atoms with Crippen LogP contribution in [0.1, 0.15) is 11.1 Å². The van der Waals surface area contributed by atoms with Crippen molar-refractivity contribution < 1.29 is 4.74 Å². The van der Waals surface area contributed by atoms with Gasteiger partial charge in [-0.3, -0.25) is 5.41 Å². The van der Waals surface area contributed by atoms with Gasteiger partial charge in [-0.05, 0) is 34.7 Å². The number of hydrogen-bond acceptors (Lipinski definition) is 5. The molecule has 3 aromatic rings. The number of nitrogens with zero attached hydrogens (tertiary/aromatic N) is 4. The van der Waals surface area contributed by atoms with Crippen molar-refractivity contribution in [2.45, 2.75) is 6.61 Å². The molecule has 0 bridgehead atoms. The summed E-state index contributed by atoms with van der Waals surface area (Å²) in [5.41, 5.74) is 7.55. The quantitative estimate of drug-likeness (QED) is 0.534. The Morgan fingerprint density at radius 3 is 2.71 bits per heavy atom. The molecular weight excluding hydrogens is 351 g/mol. The molecule has 124 valence electrons. The fourth-order valence-electron chi connectivity index (χ4n) is 2.03. The van der Waals surface area contributed by atoms with Crippen molar-refractivity contribution in [1.82, 2.24) is 20.2 Å². The molecule has 0 saturated heterocycles. The highest BCUT2D eigenvalue weighted by Gasteiger charge is 2.11. The summed E-state index contributed by atoms with van der Waals surface area (Å²) in [6.45, 7) is 0.300. The van der Waals surface area contributed by atoms with Gasteiger partial charge in [-0.1, -0.05) is 29.8 Å². The monoisotopic (exact) mass is 364 g/mol. The Kier molecular flexibility index (Phi) is 5.73. The van der Waals surface area contributed by atoms with Crippen LogP contribution in [-0.4, -0.2) is 26.0 Å². The zero-order chi connectivity index (χ0) is 16.2. The van der Waals surface area contributed by atoms with Crippen LogP contribution in [0.15, 0.2) is 48.8 Å². The van der Waals surface area contributed by atoms with Crippen LogP contribution in [0.2, 0.25) is 5.02 Å². The fraction of sp³-hybridized carbons (Fsp3) is 0.0667. The molecule has 0 unspecified atom stereocenters. The highest BCUT2D eigenvalue weighted by Crippen LogP contribution is 2.25. The topological polar surface area (TPSA) is 103 Å². The number of rotatable bonds is 5. The van der Waals surface area contributed by atoms with Gasteiger partial charge in [0.25, 0.3) is 0 Å². The molecule has 0 aliphatic heterocycles. The number of benzene rings is 2. The number of nitrogens with two attached hydrogens (primary N) is 1. The summed E-state index contributed by atoms with van der Waals surface area (Å²) in [6.07, 6.45) is 1.45. The Bertz CT molecular complexity index is 838. The van der Waals surface area contributed by atoms with Crippen LogP contribution in [0.25, 0.3) is 5.69 Å². The van der Waals surface area contributed by atoms with Gasteiger partial charge in [-0.25, -0.2) is 0 Å². The molecule has 7 nitrogen and oxygen atoms in total. The Labute approximate surface area is 149 Å². The predicted octanol–water partition coefficient (Wildman–Crippen LogP) is 2.60. The molecular formula is C15H14Cl2N6O. The van der Waals surface area contributed by atoms with Gasteiger partial charge in [0, 0.05) is 16.1 Å². The van der Waals surface area contributed by atoms with E-state index in [2.05, 4.69) is 15.5 Å². The molecule has 3 rings (SSSR count). The summed E-state index contributed by atoms with van der Waals surface area (Å²) >= 11 is 6.13. The first kappa shape index (κ1) is 17.7. The number of hydrogen-bond donors (Lipinski definition) is 2. The lowest BCUT2D eigenvalue weighted by Gasteiger charge is -2.13. The summed E-state index contributed by atoms with van der Waals surface area (Å²) in [4.78, 5) is 0. The molecule has 0 amide bonds. The largest absolute Gasteiger partial charge is 0.487 e. The van der Waals surface area contributed by atoms with Crippen LogP contribution in [-0.2, 0) is 6.61 Å². The summed E-state index contributed by atoms with van der Waals surface area (Å²) < 4.78 is 7.30. The van der Waals surface area contributed by atoms with E-state index in [1.807, 2.05) is 18.2 Å². The van der Waals surface area contributed by atoms with Gasteiger partial charge in [0.05, 0.1) is 0 Å². The average Bonchev–Trinajstić information content (AvgIpc) is 3.08. The number of nitrogens with one attached hydrogen (secondary N) is 1. The second-order valence-corrected chi connectivity index (χ2v) is 5.14. The minimum atomic E-state index is -0.0445. The first-order valence-corrected chi connectivity index (χ1v) is 7.11. The van der Waals surface area contributed by atoms with Crippen molar-refractivity contribution in [1.29, 1.82) is 5.41 Å². The van der Waals surface area contributed by atoms with E-state index in [9.17, 15) is 0 Å². The van der Waals surface area contributed by atoms with E-state index in [0.717, 1.165) is 5.56 Å². The molecule has 0 radical (unpaired) electrons. The third-order valence-electron chi connectivity index (χ3n) is 3.21. The van der Waals surface area contributed by atoms with Crippen LogP contribution in [0, 0.1) is 5.41 Å². The first-order chi connectivity index (χ1) is 11.1. The maximum absolute atomic E-state index is 7.55. The van der Waals surface area contributed by atoms with E-state index in [1.165, 1.54) is 11.0 Å². The average molecular weight is 365 g/mol. The lowest BCUT2D eigenvalue weighted by Crippen LogP contribution is -2.12. The third-order valence-corrected chi connectivity index (χ3v) is 3.58. The predicted molar refractivity (Wildman–Crippen MR) is 93.2 cm³/mol. The van der Waals surface area contributed by atoms with Crippen molar-refractivity contribution in [2.75, 3.05) is 0 Å². The second kappa shape index (κ2) is 7.76. The van der Waals surface area contributed by atoms with Crippen LogP contribution >= 0.6 is 24.0 Å². The molecule has 0 saturated carbocycles. The van der Waals surface area contributed by atoms with Gasteiger partial charge in [-0.15, -0.1) is 17.5 Å². The number of ether oxygens (including phenoxy) is 1. The smallest absolute Gasteiger partial charge is 0.145 e. The number of tetrazole rings is 1. The molecule has 0 spiro atoms. The zero-order valence-corrected chi connectivity index (χ0v) is 14.0. The highest BCUT2D eigenvalue weighted by atomic mass is 35.5. The van der Waals surface area contributed by atoms with Crippen molar-refractivity contribution in [3.63, 3.8) is 0 Å². The minimum absolute atomic E-state index is 0. The lowest BCUT2D eigenvalue weighted by atomic mass is 10.1. The lowest BCUT2D eigenvalue weighted by molar-refractivity contribution is 0.304. The van der Waals surface area contributed by atoms with Gasteiger partial charge in [0.1, 0.15) is 30.2 Å². The van der Waals surface area contributed by atoms with Crippen LogP contribution in [0.5, 0.6) is 5.75 Å². The van der Waals surface area contributed by atoms with Gasteiger partial charge in [0.2, 0.25) is 0 Å². The van der Waals surface area contributed by atoms with E-state index in [4.69, 9.17) is 27.5 Å². The number of amidine groups is 1. The van der Waals surface area contributed by atoms with E-state index in [0.29, 0.717) is 28.6 Å². The fourth-order valence-corrected chi connectivity index (χ4v) is 2.22. The molecule has 24 heavy (non-hydrogen) atoms. The van der Waals surface area contributed by atoms with Gasteiger partial charge in [-0.2, -0.15) is 4.68 Å². The molecule has 0 atom stereocenters. The molecule has 3 N–H and O–H groups in total. The van der Waals surface area contributed by atoms with E-state index >= 15 is 0 Å². The van der Waals surface area contributed by atoms with Crippen LogP contribution < -0.4 is 10.5 Å². The van der Waals surface area contributed by atoms with E-state index < -0.39 is 0 Å². The Balaban J connectivity index is 0.00000208. The number of nitrogen functional groups attached to an aromatic ring is 1. The first-order valence-electron chi connectivity index (χ1n) is 6.73. The van der Waals surface area contributed by atoms with Crippen molar-refractivity contribution in [2.24, 2.45) is 5.73 Å². The van der Waals surface area contributed by atoms with Crippen molar-refractivity contribution >= 4 is 29.8 Å². The number of aromatic nitrogens is 4. The van der Waals surface area contributed by atoms with Gasteiger partial charge >= 0.3 is 0 Å². The van der Waals surface area contributed by atoms with Crippen molar-refractivity contribution in [3.8, 4) is 11.4 Å². The number of halogens is 2. The summed E-state index contributed by atoms with van der Waals surface area (Å²) in [5.74, 6) is 0.513. The summed E-state index contributed by atoms with van der Waals surface area (Å²) in [6, 6.07) is 12.6. The molecule has 0 aliphatic rings. The normalized spacial score (nSPS) is 10.0. The summed E-state index contributed by atoms with van der Waals surface area (Å²) in [7, 11) is 0. The van der Waals surface area contributed by atoms with E-state index in [-0.39, 0.29) is 18.2 Å². The Morgan fingerprint density at radius 1 is 1.25 bits per heavy atom.